The Morgan fingerprint density at radius 1 is 1.35 bits per heavy atom. The number of aliphatic hydroxyl groups excluding tert-OH is 1. The van der Waals surface area contributed by atoms with Gasteiger partial charge in [-0.15, -0.1) is 0 Å². The van der Waals surface area contributed by atoms with E-state index in [1.807, 2.05) is 0 Å². The highest BCUT2D eigenvalue weighted by molar-refractivity contribution is 5.86. The first-order valence-electron chi connectivity index (χ1n) is 7.18. The standard InChI is InChI=1S/C15H28NO3.ClH/c1-12(2)15(18)19-11-7-10-16(3,4)13-8-5-6-9-14(13)17;/h13-14,17H,1,5-11H2,2-4H3;1H/q+1;/p-1. The number of esters is 1. The predicted molar refractivity (Wildman–Crippen MR) is 75.6 cm³/mol. The molecule has 0 radical (unpaired) electrons. The molecular formula is C15H28ClNO3. The van der Waals surface area contributed by atoms with Crippen molar-refractivity contribution in [3.05, 3.63) is 12.2 Å². The molecule has 1 rings (SSSR count). The van der Waals surface area contributed by atoms with Gasteiger partial charge in [0.25, 0.3) is 0 Å². The highest BCUT2D eigenvalue weighted by Crippen LogP contribution is 2.26. The normalized spacial score (nSPS) is 22.8. The molecule has 4 nitrogen and oxygen atoms in total. The SMILES string of the molecule is C=C(C)C(=O)OCCC[N+](C)(C)C1CCCCC1O.[Cl-]. The van der Waals surface area contributed by atoms with E-state index in [1.54, 1.807) is 6.92 Å². The number of hydrogen-bond acceptors (Lipinski definition) is 3. The number of likely N-dealkylation sites (N-methyl/N-ethyl adjacent to an activating group) is 1. The minimum Gasteiger partial charge on any atom is -1.00 e. The molecule has 5 heteroatoms. The Labute approximate surface area is 128 Å². The third-order valence-electron chi connectivity index (χ3n) is 4.05. The van der Waals surface area contributed by atoms with Crippen LogP contribution >= 0.6 is 0 Å². The zero-order chi connectivity index (χ0) is 14.5. The van der Waals surface area contributed by atoms with Crippen LogP contribution in [0.5, 0.6) is 0 Å². The highest BCUT2D eigenvalue weighted by Gasteiger charge is 2.35. The first-order valence-corrected chi connectivity index (χ1v) is 7.18. The van der Waals surface area contributed by atoms with Crippen molar-refractivity contribution in [3.8, 4) is 0 Å². The van der Waals surface area contributed by atoms with Crippen molar-refractivity contribution in [1.29, 1.82) is 0 Å². The van der Waals surface area contributed by atoms with Gasteiger partial charge in [0.15, 0.2) is 0 Å². The summed E-state index contributed by atoms with van der Waals surface area (Å²) in [4.78, 5) is 11.3. The molecule has 2 atom stereocenters. The van der Waals surface area contributed by atoms with Gasteiger partial charge in [0.2, 0.25) is 0 Å². The Kier molecular flexibility index (Phi) is 8.40. The van der Waals surface area contributed by atoms with Gasteiger partial charge in [-0.1, -0.05) is 13.0 Å². The Morgan fingerprint density at radius 2 is 1.95 bits per heavy atom. The van der Waals surface area contributed by atoms with Gasteiger partial charge < -0.3 is 26.7 Å². The summed E-state index contributed by atoms with van der Waals surface area (Å²) in [6.45, 7) is 6.54. The van der Waals surface area contributed by atoms with Crippen LogP contribution in [-0.2, 0) is 9.53 Å². The number of hydrogen-bond donors (Lipinski definition) is 1. The van der Waals surface area contributed by atoms with E-state index in [1.165, 1.54) is 6.42 Å². The predicted octanol–water partition coefficient (Wildman–Crippen LogP) is -1.12. The molecule has 0 aromatic carbocycles. The van der Waals surface area contributed by atoms with Crippen molar-refractivity contribution >= 4 is 5.97 Å². The lowest BCUT2D eigenvalue weighted by molar-refractivity contribution is -0.920. The third kappa shape index (κ3) is 5.81. The minimum absolute atomic E-state index is 0. The molecule has 0 aromatic rings. The van der Waals surface area contributed by atoms with Gasteiger partial charge in [0, 0.05) is 18.4 Å². The Morgan fingerprint density at radius 3 is 2.50 bits per heavy atom. The smallest absolute Gasteiger partial charge is 0.333 e. The van der Waals surface area contributed by atoms with Gasteiger partial charge in [-0.2, -0.15) is 0 Å². The lowest BCUT2D eigenvalue weighted by Gasteiger charge is -2.42. The van der Waals surface area contributed by atoms with Crippen LogP contribution in [0.2, 0.25) is 0 Å². The van der Waals surface area contributed by atoms with Crippen molar-refractivity contribution in [2.24, 2.45) is 0 Å². The quantitative estimate of drug-likeness (QED) is 0.293. The van der Waals surface area contributed by atoms with Crippen LogP contribution in [0.4, 0.5) is 0 Å². The van der Waals surface area contributed by atoms with Crippen LogP contribution in [0.25, 0.3) is 0 Å². The third-order valence-corrected chi connectivity index (χ3v) is 4.05. The summed E-state index contributed by atoms with van der Waals surface area (Å²) in [5.41, 5.74) is 0.441. The molecule has 118 valence electrons. The molecule has 1 aliphatic rings. The monoisotopic (exact) mass is 305 g/mol. The summed E-state index contributed by atoms with van der Waals surface area (Å²) >= 11 is 0. The topological polar surface area (TPSA) is 46.5 Å². The molecule has 0 spiro atoms. The fourth-order valence-electron chi connectivity index (χ4n) is 2.83. The van der Waals surface area contributed by atoms with Crippen molar-refractivity contribution < 1.29 is 31.5 Å². The summed E-state index contributed by atoms with van der Waals surface area (Å²) in [6, 6.07) is 0.311. The van der Waals surface area contributed by atoms with Crippen molar-refractivity contribution in [3.63, 3.8) is 0 Å². The largest absolute Gasteiger partial charge is 1.00 e. The van der Waals surface area contributed by atoms with Crippen LogP contribution in [0, 0.1) is 0 Å². The molecule has 0 saturated heterocycles. The number of rotatable bonds is 6. The molecule has 1 aliphatic carbocycles. The Hall–Kier alpha value is -0.580. The van der Waals surface area contributed by atoms with Crippen LogP contribution in [0.3, 0.4) is 0 Å². The number of carbonyl (C=O) groups excluding carboxylic acids is 1. The maximum Gasteiger partial charge on any atom is 0.333 e. The van der Waals surface area contributed by atoms with E-state index < -0.39 is 0 Å². The zero-order valence-electron chi connectivity index (χ0n) is 12.9. The van der Waals surface area contributed by atoms with Crippen LogP contribution < -0.4 is 12.4 Å². The van der Waals surface area contributed by atoms with E-state index in [0.717, 1.165) is 36.7 Å². The van der Waals surface area contributed by atoms with E-state index >= 15 is 0 Å². The van der Waals surface area contributed by atoms with Crippen LogP contribution in [0.15, 0.2) is 12.2 Å². The Balaban J connectivity index is 0.00000361. The van der Waals surface area contributed by atoms with Gasteiger partial charge in [0.05, 0.1) is 27.2 Å². The van der Waals surface area contributed by atoms with E-state index in [-0.39, 0.29) is 24.5 Å². The van der Waals surface area contributed by atoms with E-state index in [2.05, 4.69) is 20.7 Å². The Bertz CT molecular complexity index is 331. The molecule has 0 heterocycles. The summed E-state index contributed by atoms with van der Waals surface area (Å²) in [5, 5.41) is 10.1. The number of ether oxygens (including phenoxy) is 1. The van der Waals surface area contributed by atoms with E-state index in [9.17, 15) is 9.90 Å². The maximum absolute atomic E-state index is 11.3. The average molecular weight is 306 g/mol. The van der Waals surface area contributed by atoms with Crippen molar-refractivity contribution in [1.82, 2.24) is 0 Å². The second kappa shape index (κ2) is 8.65. The summed E-state index contributed by atoms with van der Waals surface area (Å²) in [6.07, 6.45) is 4.95. The summed E-state index contributed by atoms with van der Waals surface area (Å²) in [7, 11) is 4.31. The zero-order valence-corrected chi connectivity index (χ0v) is 13.7. The first-order chi connectivity index (χ1) is 8.84. The maximum atomic E-state index is 11.3. The van der Waals surface area contributed by atoms with Crippen LogP contribution in [0.1, 0.15) is 39.0 Å². The number of nitrogens with zero attached hydrogens (tertiary/aromatic N) is 1. The molecule has 0 aromatic heterocycles. The molecule has 20 heavy (non-hydrogen) atoms. The first kappa shape index (κ1) is 19.4. The molecular weight excluding hydrogens is 278 g/mol. The second-order valence-electron chi connectivity index (χ2n) is 6.19. The fraction of sp³-hybridized carbons (Fsp3) is 0.800. The van der Waals surface area contributed by atoms with E-state index in [4.69, 9.17) is 4.74 Å². The van der Waals surface area contributed by atoms with Gasteiger partial charge in [-0.05, 0) is 19.8 Å². The number of quaternary nitrogens is 1. The molecule has 1 saturated carbocycles. The van der Waals surface area contributed by atoms with Crippen LogP contribution in [-0.4, -0.2) is 55.0 Å². The van der Waals surface area contributed by atoms with Crippen molar-refractivity contribution in [2.75, 3.05) is 27.2 Å². The molecule has 0 bridgehead atoms. The minimum atomic E-state index is -0.317. The lowest BCUT2D eigenvalue weighted by Crippen LogP contribution is -3.00. The van der Waals surface area contributed by atoms with Crippen molar-refractivity contribution in [2.45, 2.75) is 51.2 Å². The molecule has 2 unspecified atom stereocenters. The number of aliphatic hydroxyl groups is 1. The van der Waals surface area contributed by atoms with Gasteiger partial charge in [0.1, 0.15) is 12.1 Å². The fourth-order valence-corrected chi connectivity index (χ4v) is 2.83. The second-order valence-corrected chi connectivity index (χ2v) is 6.19. The average Bonchev–Trinajstić information content (AvgIpc) is 2.34. The summed E-state index contributed by atoms with van der Waals surface area (Å²) in [5.74, 6) is -0.317. The van der Waals surface area contributed by atoms with Gasteiger partial charge in [-0.25, -0.2) is 4.79 Å². The van der Waals surface area contributed by atoms with E-state index in [0.29, 0.717) is 18.2 Å². The molecule has 0 aliphatic heterocycles. The van der Waals surface area contributed by atoms with Gasteiger partial charge >= 0.3 is 5.97 Å². The van der Waals surface area contributed by atoms with Gasteiger partial charge in [-0.3, -0.25) is 0 Å². The molecule has 0 amide bonds. The summed E-state index contributed by atoms with van der Waals surface area (Å²) < 4.78 is 5.90. The molecule has 1 fully saturated rings. The number of carbonyl (C=O) groups is 1. The molecule has 1 N–H and O–H groups in total. The number of halogens is 1. The highest BCUT2D eigenvalue weighted by atomic mass is 35.5. The lowest BCUT2D eigenvalue weighted by atomic mass is 9.90.